The topological polar surface area (TPSA) is 77.2 Å². The molecule has 1 aromatic heterocycles. The fourth-order valence-electron chi connectivity index (χ4n) is 2.37. The first-order valence-corrected chi connectivity index (χ1v) is 7.07. The van der Waals surface area contributed by atoms with E-state index in [1.165, 1.54) is 0 Å². The second-order valence-electron chi connectivity index (χ2n) is 5.15. The van der Waals surface area contributed by atoms with E-state index in [-0.39, 0.29) is 5.75 Å². The molecule has 1 fully saturated rings. The van der Waals surface area contributed by atoms with Gasteiger partial charge in [0.1, 0.15) is 5.75 Å². The summed E-state index contributed by atoms with van der Waals surface area (Å²) in [7, 11) is 0. The highest BCUT2D eigenvalue weighted by Crippen LogP contribution is 2.41. The van der Waals surface area contributed by atoms with Crippen LogP contribution in [0, 0.1) is 0 Å². The second kappa shape index (κ2) is 5.55. The van der Waals surface area contributed by atoms with E-state index >= 15 is 0 Å². The number of aromatic hydroxyl groups is 1. The number of hydrogen-bond donors (Lipinski definition) is 1. The van der Waals surface area contributed by atoms with E-state index in [2.05, 4.69) is 10.3 Å². The van der Waals surface area contributed by atoms with E-state index in [0.29, 0.717) is 24.8 Å². The van der Waals surface area contributed by atoms with Gasteiger partial charge in [-0.2, -0.15) is 0 Å². The zero-order valence-electron chi connectivity index (χ0n) is 11.8. The molecule has 0 spiro atoms. The number of esters is 1. The normalized spacial score (nSPS) is 14.1. The van der Waals surface area contributed by atoms with Crippen molar-refractivity contribution in [3.05, 3.63) is 41.2 Å². The summed E-state index contributed by atoms with van der Waals surface area (Å²) in [6, 6.07) is 6.99. The van der Waals surface area contributed by atoms with Gasteiger partial charge in [-0.15, -0.1) is 5.10 Å². The smallest absolute Gasteiger partial charge is 0.360 e. The fraction of sp³-hybridized carbons (Fsp3) is 0.400. The van der Waals surface area contributed by atoms with Crippen molar-refractivity contribution in [2.75, 3.05) is 6.61 Å². The summed E-state index contributed by atoms with van der Waals surface area (Å²) in [6.07, 6.45) is 2.08. The van der Waals surface area contributed by atoms with Gasteiger partial charge in [-0.05, 0) is 37.5 Å². The predicted octanol–water partition coefficient (Wildman–Crippen LogP) is 2.09. The van der Waals surface area contributed by atoms with Gasteiger partial charge in [-0.1, -0.05) is 17.3 Å². The molecule has 6 heteroatoms. The molecule has 110 valence electrons. The standard InChI is InChI=1S/C15H17N3O3/c1-2-21-15(20)13-14(11-6-7-11)18(17-16-13)9-10-4-3-5-12(19)8-10/h3-5,8,11,19H,2,6-7,9H2,1H3. The summed E-state index contributed by atoms with van der Waals surface area (Å²) in [6.45, 7) is 2.57. The molecule has 0 unspecified atom stereocenters. The number of carbonyl (C=O) groups excluding carboxylic acids is 1. The lowest BCUT2D eigenvalue weighted by molar-refractivity contribution is 0.0518. The highest BCUT2D eigenvalue weighted by Gasteiger charge is 2.34. The molecule has 1 aliphatic carbocycles. The third kappa shape index (κ3) is 2.89. The van der Waals surface area contributed by atoms with Crippen LogP contribution in [0.5, 0.6) is 5.75 Å². The van der Waals surface area contributed by atoms with Crippen LogP contribution in [0.15, 0.2) is 24.3 Å². The van der Waals surface area contributed by atoms with Crippen molar-refractivity contribution >= 4 is 5.97 Å². The van der Waals surface area contributed by atoms with Gasteiger partial charge in [0.15, 0.2) is 5.69 Å². The van der Waals surface area contributed by atoms with Gasteiger partial charge < -0.3 is 9.84 Å². The molecule has 0 atom stereocenters. The molecule has 1 aromatic carbocycles. The Kier molecular flexibility index (Phi) is 3.60. The van der Waals surface area contributed by atoms with Crippen LogP contribution >= 0.6 is 0 Å². The number of hydrogen-bond acceptors (Lipinski definition) is 5. The van der Waals surface area contributed by atoms with Crippen molar-refractivity contribution in [3.8, 4) is 5.75 Å². The molecule has 0 radical (unpaired) electrons. The molecule has 0 aliphatic heterocycles. The van der Waals surface area contributed by atoms with Gasteiger partial charge in [-0.25, -0.2) is 9.48 Å². The lowest BCUT2D eigenvalue weighted by Crippen LogP contribution is -2.11. The van der Waals surface area contributed by atoms with Crippen molar-refractivity contribution in [2.45, 2.75) is 32.2 Å². The first kappa shape index (κ1) is 13.6. The first-order chi connectivity index (χ1) is 10.2. The monoisotopic (exact) mass is 287 g/mol. The van der Waals surface area contributed by atoms with E-state index < -0.39 is 5.97 Å². The lowest BCUT2D eigenvalue weighted by Gasteiger charge is -2.07. The number of aromatic nitrogens is 3. The number of nitrogens with zero attached hydrogens (tertiary/aromatic N) is 3. The fourth-order valence-corrected chi connectivity index (χ4v) is 2.37. The van der Waals surface area contributed by atoms with Gasteiger partial charge in [0, 0.05) is 5.92 Å². The average Bonchev–Trinajstić information content (AvgIpc) is 3.20. The van der Waals surface area contributed by atoms with Gasteiger partial charge in [0.05, 0.1) is 18.8 Å². The molecule has 1 saturated carbocycles. The Labute approximate surface area is 122 Å². The molecule has 2 aromatic rings. The Morgan fingerprint density at radius 1 is 1.48 bits per heavy atom. The van der Waals surface area contributed by atoms with Crippen LogP contribution in [0.3, 0.4) is 0 Å². The zero-order valence-corrected chi connectivity index (χ0v) is 11.8. The van der Waals surface area contributed by atoms with E-state index in [1.807, 2.05) is 6.07 Å². The first-order valence-electron chi connectivity index (χ1n) is 7.07. The van der Waals surface area contributed by atoms with Crippen molar-refractivity contribution in [2.24, 2.45) is 0 Å². The third-order valence-electron chi connectivity index (χ3n) is 3.45. The van der Waals surface area contributed by atoms with Gasteiger partial charge in [0.25, 0.3) is 0 Å². The summed E-state index contributed by atoms with van der Waals surface area (Å²) in [5, 5.41) is 17.6. The van der Waals surface area contributed by atoms with Crippen LogP contribution in [0.1, 0.15) is 47.4 Å². The van der Waals surface area contributed by atoms with Crippen LogP contribution in [0.2, 0.25) is 0 Å². The Bertz CT molecular complexity index is 662. The second-order valence-corrected chi connectivity index (χ2v) is 5.15. The zero-order chi connectivity index (χ0) is 14.8. The van der Waals surface area contributed by atoms with Gasteiger partial charge >= 0.3 is 5.97 Å². The average molecular weight is 287 g/mol. The predicted molar refractivity (Wildman–Crippen MR) is 75.2 cm³/mol. The molecular formula is C15H17N3O3. The molecule has 6 nitrogen and oxygen atoms in total. The Hall–Kier alpha value is -2.37. The summed E-state index contributed by atoms with van der Waals surface area (Å²) in [4.78, 5) is 11.9. The number of phenolic OH excluding ortho intramolecular Hbond substituents is 1. The Balaban J connectivity index is 1.90. The molecule has 3 rings (SSSR count). The molecule has 0 amide bonds. The number of phenols is 1. The largest absolute Gasteiger partial charge is 0.508 e. The highest BCUT2D eigenvalue weighted by molar-refractivity contribution is 5.88. The van der Waals surface area contributed by atoms with Crippen molar-refractivity contribution in [3.63, 3.8) is 0 Å². The molecule has 0 saturated heterocycles. The SMILES string of the molecule is CCOC(=O)c1nnn(Cc2cccc(O)c2)c1C1CC1. The Morgan fingerprint density at radius 2 is 2.29 bits per heavy atom. The van der Waals surface area contributed by atoms with E-state index in [0.717, 1.165) is 24.1 Å². The van der Waals surface area contributed by atoms with Crippen molar-refractivity contribution < 1.29 is 14.6 Å². The number of benzene rings is 1. The summed E-state index contributed by atoms with van der Waals surface area (Å²) >= 11 is 0. The molecular weight excluding hydrogens is 270 g/mol. The molecule has 1 N–H and O–H groups in total. The number of ether oxygens (including phenoxy) is 1. The van der Waals surface area contributed by atoms with Crippen molar-refractivity contribution in [1.29, 1.82) is 0 Å². The Morgan fingerprint density at radius 3 is 2.95 bits per heavy atom. The third-order valence-corrected chi connectivity index (χ3v) is 3.45. The highest BCUT2D eigenvalue weighted by atomic mass is 16.5. The summed E-state index contributed by atoms with van der Waals surface area (Å²) in [5.41, 5.74) is 2.08. The maximum atomic E-state index is 11.9. The van der Waals surface area contributed by atoms with Crippen molar-refractivity contribution in [1.82, 2.24) is 15.0 Å². The summed E-state index contributed by atoms with van der Waals surface area (Å²) in [5.74, 6) is 0.129. The molecule has 1 aliphatic rings. The molecule has 21 heavy (non-hydrogen) atoms. The minimum Gasteiger partial charge on any atom is -0.508 e. The maximum absolute atomic E-state index is 11.9. The minimum absolute atomic E-state index is 0.214. The van der Waals surface area contributed by atoms with Crippen LogP contribution < -0.4 is 0 Å². The lowest BCUT2D eigenvalue weighted by atomic mass is 10.2. The quantitative estimate of drug-likeness (QED) is 0.852. The van der Waals surface area contributed by atoms with E-state index in [1.54, 1.807) is 29.8 Å². The van der Waals surface area contributed by atoms with Crippen LogP contribution in [0.25, 0.3) is 0 Å². The molecule has 1 heterocycles. The maximum Gasteiger partial charge on any atom is 0.360 e. The van der Waals surface area contributed by atoms with Crippen LogP contribution in [-0.2, 0) is 11.3 Å². The van der Waals surface area contributed by atoms with E-state index in [4.69, 9.17) is 4.74 Å². The number of carbonyl (C=O) groups is 1. The number of rotatable bonds is 5. The molecule has 0 bridgehead atoms. The van der Waals surface area contributed by atoms with Gasteiger partial charge in [-0.3, -0.25) is 0 Å². The van der Waals surface area contributed by atoms with E-state index in [9.17, 15) is 9.90 Å². The van der Waals surface area contributed by atoms with Gasteiger partial charge in [0.2, 0.25) is 0 Å². The van der Waals surface area contributed by atoms with Crippen LogP contribution in [-0.4, -0.2) is 32.7 Å². The summed E-state index contributed by atoms with van der Waals surface area (Å²) < 4.78 is 6.77. The minimum atomic E-state index is -0.415. The van der Waals surface area contributed by atoms with Crippen LogP contribution in [0.4, 0.5) is 0 Å².